The molecule has 0 unspecified atom stereocenters. The summed E-state index contributed by atoms with van der Waals surface area (Å²) in [6.45, 7) is 1.94. The average Bonchev–Trinajstić information content (AvgIpc) is 3.14. The number of ether oxygens (including phenoxy) is 3. The summed E-state index contributed by atoms with van der Waals surface area (Å²) in [6.07, 6.45) is 5.87. The van der Waals surface area contributed by atoms with Gasteiger partial charge in [-0.2, -0.15) is 5.26 Å². The Bertz CT molecular complexity index is 745. The zero-order chi connectivity index (χ0) is 19.7. The van der Waals surface area contributed by atoms with Crippen LogP contribution < -0.4 is 14.8 Å². The van der Waals surface area contributed by atoms with E-state index in [1.807, 2.05) is 6.92 Å². The molecule has 1 aromatic carbocycles. The van der Waals surface area contributed by atoms with E-state index in [0.717, 1.165) is 18.4 Å². The van der Waals surface area contributed by atoms with Crippen LogP contribution in [-0.4, -0.2) is 37.7 Å². The highest BCUT2D eigenvalue weighted by Crippen LogP contribution is 2.29. The van der Waals surface area contributed by atoms with Gasteiger partial charge in [-0.25, -0.2) is 4.79 Å². The number of nitrogens with one attached hydrogen (secondary N) is 1. The minimum Gasteiger partial charge on any atom is -0.493 e. The number of carbonyl (C=O) groups excluding carboxylic acids is 2. The fourth-order valence-corrected chi connectivity index (χ4v) is 2.96. The maximum absolute atomic E-state index is 11.9. The number of rotatable bonds is 8. The van der Waals surface area contributed by atoms with E-state index in [1.54, 1.807) is 31.4 Å². The van der Waals surface area contributed by atoms with Crippen molar-refractivity contribution >= 4 is 18.0 Å². The second kappa shape index (κ2) is 9.62. The number of hydrogen-bond donors (Lipinski definition) is 1. The molecule has 1 fully saturated rings. The van der Waals surface area contributed by atoms with E-state index in [4.69, 9.17) is 14.2 Å². The first-order valence-corrected chi connectivity index (χ1v) is 8.90. The first-order chi connectivity index (χ1) is 13.0. The molecule has 1 aliphatic carbocycles. The number of hydrogen-bond acceptors (Lipinski definition) is 6. The van der Waals surface area contributed by atoms with E-state index in [1.165, 1.54) is 6.08 Å². The minimum atomic E-state index is -0.821. The number of amides is 1. The van der Waals surface area contributed by atoms with Gasteiger partial charge in [0.2, 0.25) is 0 Å². The number of carbonyl (C=O) groups is 2. The zero-order valence-corrected chi connectivity index (χ0v) is 15.6. The molecule has 1 saturated carbocycles. The third kappa shape index (κ3) is 5.74. The molecule has 0 heterocycles. The highest BCUT2D eigenvalue weighted by molar-refractivity contribution is 5.89. The Labute approximate surface area is 158 Å². The van der Waals surface area contributed by atoms with Gasteiger partial charge in [0.15, 0.2) is 18.1 Å². The topological polar surface area (TPSA) is 97.6 Å². The summed E-state index contributed by atoms with van der Waals surface area (Å²) in [5, 5.41) is 11.9. The summed E-state index contributed by atoms with van der Waals surface area (Å²) in [7, 11) is 1.55. The van der Waals surface area contributed by atoms with Crippen molar-refractivity contribution in [3.8, 4) is 17.6 Å². The van der Waals surface area contributed by atoms with Crippen molar-refractivity contribution in [1.82, 2.24) is 5.32 Å². The minimum absolute atomic E-state index is 0.417. The summed E-state index contributed by atoms with van der Waals surface area (Å²) < 4.78 is 15.6. The summed E-state index contributed by atoms with van der Waals surface area (Å²) >= 11 is 0. The fourth-order valence-electron chi connectivity index (χ4n) is 2.96. The molecule has 27 heavy (non-hydrogen) atoms. The molecule has 0 spiro atoms. The second-order valence-corrected chi connectivity index (χ2v) is 6.23. The predicted molar refractivity (Wildman–Crippen MR) is 99.1 cm³/mol. The Balaban J connectivity index is 1.87. The van der Waals surface area contributed by atoms with Gasteiger partial charge in [-0.05, 0) is 56.4 Å². The molecule has 0 atom stereocenters. The van der Waals surface area contributed by atoms with Crippen molar-refractivity contribution in [1.29, 1.82) is 5.26 Å². The molecule has 0 bridgehead atoms. The highest BCUT2D eigenvalue weighted by Gasteiger charge is 2.35. The average molecular weight is 372 g/mol. The molecule has 7 nitrogen and oxygen atoms in total. The maximum Gasteiger partial charge on any atom is 0.331 e. The van der Waals surface area contributed by atoms with Crippen LogP contribution in [0.3, 0.4) is 0 Å². The summed E-state index contributed by atoms with van der Waals surface area (Å²) in [5.41, 5.74) is -0.0898. The van der Waals surface area contributed by atoms with Crippen LogP contribution in [0.1, 0.15) is 38.2 Å². The van der Waals surface area contributed by atoms with E-state index >= 15 is 0 Å². The Kier molecular flexibility index (Phi) is 7.24. The van der Waals surface area contributed by atoms with E-state index < -0.39 is 24.0 Å². The smallest absolute Gasteiger partial charge is 0.331 e. The van der Waals surface area contributed by atoms with Gasteiger partial charge in [0.25, 0.3) is 5.91 Å². The van der Waals surface area contributed by atoms with Gasteiger partial charge in [0, 0.05) is 6.08 Å². The van der Waals surface area contributed by atoms with Gasteiger partial charge in [-0.1, -0.05) is 6.07 Å². The van der Waals surface area contributed by atoms with Crippen LogP contribution >= 0.6 is 0 Å². The Hall–Kier alpha value is -3.01. The summed E-state index contributed by atoms with van der Waals surface area (Å²) in [5.74, 6) is 0.0690. The van der Waals surface area contributed by atoms with Gasteiger partial charge >= 0.3 is 5.97 Å². The van der Waals surface area contributed by atoms with Crippen molar-refractivity contribution in [2.45, 2.75) is 38.1 Å². The Morgan fingerprint density at radius 1 is 1.30 bits per heavy atom. The number of nitrogens with zero attached hydrogens (tertiary/aromatic N) is 1. The molecule has 0 radical (unpaired) electrons. The number of benzene rings is 1. The van der Waals surface area contributed by atoms with Crippen LogP contribution in [0, 0.1) is 11.3 Å². The van der Waals surface area contributed by atoms with Crippen molar-refractivity contribution in [3.05, 3.63) is 29.8 Å². The third-order valence-electron chi connectivity index (χ3n) is 4.29. The largest absolute Gasteiger partial charge is 0.493 e. The lowest BCUT2D eigenvalue weighted by Gasteiger charge is -2.21. The van der Waals surface area contributed by atoms with Gasteiger partial charge in [-0.3, -0.25) is 4.79 Å². The lowest BCUT2D eigenvalue weighted by molar-refractivity contribution is -0.144. The lowest BCUT2D eigenvalue weighted by atomic mass is 10.00. The quantitative estimate of drug-likeness (QED) is 0.556. The molecule has 2 rings (SSSR count). The SMILES string of the molecule is CCOc1cc(/C=C/C(=O)OCC(=O)NC2(C#N)CCCC2)ccc1OC. The Morgan fingerprint density at radius 3 is 2.67 bits per heavy atom. The van der Waals surface area contributed by atoms with Crippen LogP contribution in [0.25, 0.3) is 6.08 Å². The first kappa shape index (κ1) is 20.3. The Morgan fingerprint density at radius 2 is 2.04 bits per heavy atom. The van der Waals surface area contributed by atoms with E-state index in [0.29, 0.717) is 30.9 Å². The summed E-state index contributed by atoms with van der Waals surface area (Å²) in [4.78, 5) is 23.8. The first-order valence-electron chi connectivity index (χ1n) is 8.90. The van der Waals surface area contributed by atoms with Crippen LogP contribution in [0.15, 0.2) is 24.3 Å². The fraction of sp³-hybridized carbons (Fsp3) is 0.450. The highest BCUT2D eigenvalue weighted by atomic mass is 16.5. The molecule has 7 heteroatoms. The molecular weight excluding hydrogens is 348 g/mol. The zero-order valence-electron chi connectivity index (χ0n) is 15.6. The van der Waals surface area contributed by atoms with Crippen LogP contribution in [0.4, 0.5) is 0 Å². The van der Waals surface area contributed by atoms with Crippen molar-refractivity contribution < 1.29 is 23.8 Å². The molecule has 1 N–H and O–H groups in total. The molecule has 144 valence electrons. The maximum atomic E-state index is 11.9. The van der Waals surface area contributed by atoms with Gasteiger partial charge in [0.05, 0.1) is 19.8 Å². The molecule has 0 aromatic heterocycles. The van der Waals surface area contributed by atoms with Crippen molar-refractivity contribution in [2.75, 3.05) is 20.3 Å². The standard InChI is InChI=1S/C20H24N2O5/c1-3-26-17-12-15(6-8-16(17)25-2)7-9-19(24)27-13-18(23)22-20(14-21)10-4-5-11-20/h6-9,12H,3-5,10-11,13H2,1-2H3,(H,22,23)/b9-7+. The molecule has 1 amide bonds. The lowest BCUT2D eigenvalue weighted by Crippen LogP contribution is -2.46. The van der Waals surface area contributed by atoms with Crippen molar-refractivity contribution in [2.24, 2.45) is 0 Å². The van der Waals surface area contributed by atoms with Crippen LogP contribution in [0.5, 0.6) is 11.5 Å². The predicted octanol–water partition coefficient (Wildman–Crippen LogP) is 2.60. The number of methoxy groups -OCH3 is 1. The summed E-state index contributed by atoms with van der Waals surface area (Å²) in [6, 6.07) is 7.42. The normalized spacial score (nSPS) is 15.1. The van der Waals surface area contributed by atoms with Crippen LogP contribution in [-0.2, 0) is 14.3 Å². The number of esters is 1. The van der Waals surface area contributed by atoms with E-state index in [-0.39, 0.29) is 0 Å². The third-order valence-corrected chi connectivity index (χ3v) is 4.29. The van der Waals surface area contributed by atoms with Crippen LogP contribution in [0.2, 0.25) is 0 Å². The van der Waals surface area contributed by atoms with Crippen molar-refractivity contribution in [3.63, 3.8) is 0 Å². The molecule has 0 saturated heterocycles. The second-order valence-electron chi connectivity index (χ2n) is 6.23. The molecule has 1 aliphatic rings. The van der Waals surface area contributed by atoms with Gasteiger partial charge in [-0.15, -0.1) is 0 Å². The van der Waals surface area contributed by atoms with E-state index in [9.17, 15) is 14.9 Å². The molecular formula is C20H24N2O5. The molecule has 0 aliphatic heterocycles. The monoisotopic (exact) mass is 372 g/mol. The van der Waals surface area contributed by atoms with Gasteiger partial charge < -0.3 is 19.5 Å². The van der Waals surface area contributed by atoms with E-state index in [2.05, 4.69) is 11.4 Å². The molecule has 1 aromatic rings. The number of nitriles is 1. The van der Waals surface area contributed by atoms with Gasteiger partial charge in [0.1, 0.15) is 5.54 Å².